The van der Waals surface area contributed by atoms with Gasteiger partial charge in [0.2, 0.25) is 0 Å². The summed E-state index contributed by atoms with van der Waals surface area (Å²) in [4.78, 5) is 3.12. The van der Waals surface area contributed by atoms with Gasteiger partial charge in [0.05, 0.1) is 0 Å². The number of anilines is 1. The van der Waals surface area contributed by atoms with Gasteiger partial charge < -0.3 is 10.3 Å². The SMILES string of the molecule is c1ccc2[nH]ccc2c1.c1ccc2c(c1)CCN2. The monoisotopic (exact) mass is 236 g/mol. The molecule has 0 saturated heterocycles. The van der Waals surface area contributed by atoms with E-state index in [0.717, 1.165) is 6.54 Å². The van der Waals surface area contributed by atoms with Crippen LogP contribution in [-0.2, 0) is 6.42 Å². The van der Waals surface area contributed by atoms with Crippen molar-refractivity contribution in [1.29, 1.82) is 0 Å². The van der Waals surface area contributed by atoms with Crippen molar-refractivity contribution in [2.75, 3.05) is 11.9 Å². The summed E-state index contributed by atoms with van der Waals surface area (Å²) in [6.45, 7) is 1.11. The zero-order valence-corrected chi connectivity index (χ0v) is 10.2. The third-order valence-corrected chi connectivity index (χ3v) is 3.19. The summed E-state index contributed by atoms with van der Waals surface area (Å²) >= 11 is 0. The number of hydrogen-bond acceptors (Lipinski definition) is 1. The van der Waals surface area contributed by atoms with Crippen molar-refractivity contribution in [2.45, 2.75) is 6.42 Å². The van der Waals surface area contributed by atoms with E-state index in [1.807, 2.05) is 18.3 Å². The molecule has 2 heteroatoms. The molecule has 0 saturated carbocycles. The van der Waals surface area contributed by atoms with E-state index >= 15 is 0 Å². The molecular formula is C16H16N2. The van der Waals surface area contributed by atoms with E-state index in [1.54, 1.807) is 0 Å². The molecule has 0 amide bonds. The minimum absolute atomic E-state index is 1.11. The second-order valence-electron chi connectivity index (χ2n) is 4.40. The maximum Gasteiger partial charge on any atom is 0.0453 e. The van der Waals surface area contributed by atoms with Gasteiger partial charge in [0.1, 0.15) is 0 Å². The molecule has 1 aliphatic rings. The van der Waals surface area contributed by atoms with E-state index in [-0.39, 0.29) is 0 Å². The third-order valence-electron chi connectivity index (χ3n) is 3.19. The Morgan fingerprint density at radius 3 is 2.56 bits per heavy atom. The Morgan fingerprint density at radius 1 is 0.833 bits per heavy atom. The van der Waals surface area contributed by atoms with Crippen LogP contribution >= 0.6 is 0 Å². The molecule has 0 atom stereocenters. The highest BCUT2D eigenvalue weighted by atomic mass is 14.9. The van der Waals surface area contributed by atoms with Gasteiger partial charge in [0.15, 0.2) is 0 Å². The van der Waals surface area contributed by atoms with Gasteiger partial charge in [-0.2, -0.15) is 0 Å². The Bertz CT molecular complexity index is 587. The highest BCUT2D eigenvalue weighted by Crippen LogP contribution is 2.19. The third kappa shape index (κ3) is 2.23. The van der Waals surface area contributed by atoms with E-state index in [9.17, 15) is 0 Å². The van der Waals surface area contributed by atoms with Gasteiger partial charge in [-0.1, -0.05) is 36.4 Å². The van der Waals surface area contributed by atoms with E-state index in [0.29, 0.717) is 0 Å². The number of rotatable bonds is 0. The number of aromatic amines is 1. The first-order chi connectivity index (χ1) is 8.93. The Balaban J connectivity index is 0.000000111. The van der Waals surface area contributed by atoms with Gasteiger partial charge in [-0.05, 0) is 35.6 Å². The van der Waals surface area contributed by atoms with Crippen molar-refractivity contribution in [3.63, 3.8) is 0 Å². The van der Waals surface area contributed by atoms with Crippen molar-refractivity contribution in [1.82, 2.24) is 4.98 Å². The number of fused-ring (bicyclic) bond motifs is 2. The van der Waals surface area contributed by atoms with Crippen LogP contribution in [0.3, 0.4) is 0 Å². The molecule has 2 aromatic carbocycles. The van der Waals surface area contributed by atoms with Crippen LogP contribution in [0.4, 0.5) is 5.69 Å². The Hall–Kier alpha value is -2.22. The molecule has 0 radical (unpaired) electrons. The molecule has 4 rings (SSSR count). The maximum atomic E-state index is 3.30. The van der Waals surface area contributed by atoms with Crippen molar-refractivity contribution < 1.29 is 0 Å². The number of H-pyrrole nitrogens is 1. The molecule has 0 bridgehead atoms. The zero-order chi connectivity index (χ0) is 12.2. The number of benzene rings is 2. The van der Waals surface area contributed by atoms with Crippen molar-refractivity contribution in [2.24, 2.45) is 0 Å². The number of hydrogen-bond donors (Lipinski definition) is 2. The minimum Gasteiger partial charge on any atom is -0.384 e. The summed E-state index contributed by atoms with van der Waals surface area (Å²) in [6, 6.07) is 18.7. The number of nitrogens with one attached hydrogen (secondary N) is 2. The summed E-state index contributed by atoms with van der Waals surface area (Å²) in [5.74, 6) is 0. The highest BCUT2D eigenvalue weighted by molar-refractivity contribution is 5.78. The van der Waals surface area contributed by atoms with Crippen LogP contribution in [0, 0.1) is 0 Å². The van der Waals surface area contributed by atoms with Crippen molar-refractivity contribution in [3.05, 3.63) is 66.4 Å². The molecule has 90 valence electrons. The van der Waals surface area contributed by atoms with Crippen LogP contribution in [-0.4, -0.2) is 11.5 Å². The zero-order valence-electron chi connectivity index (χ0n) is 10.2. The molecule has 0 unspecified atom stereocenters. The fourth-order valence-electron chi connectivity index (χ4n) is 2.24. The molecule has 18 heavy (non-hydrogen) atoms. The van der Waals surface area contributed by atoms with Gasteiger partial charge in [-0.15, -0.1) is 0 Å². The Labute approximate surface area is 107 Å². The molecule has 1 aliphatic heterocycles. The second-order valence-corrected chi connectivity index (χ2v) is 4.40. The van der Waals surface area contributed by atoms with Gasteiger partial charge in [0, 0.05) is 23.9 Å². The van der Waals surface area contributed by atoms with Crippen molar-refractivity contribution >= 4 is 16.6 Å². The Kier molecular flexibility index (Phi) is 3.01. The number of para-hydroxylation sites is 2. The van der Waals surface area contributed by atoms with Crippen LogP contribution in [0.2, 0.25) is 0 Å². The summed E-state index contributed by atoms with van der Waals surface area (Å²) in [5, 5.41) is 4.58. The topological polar surface area (TPSA) is 27.8 Å². The smallest absolute Gasteiger partial charge is 0.0453 e. The molecule has 0 aliphatic carbocycles. The predicted molar refractivity (Wildman–Crippen MR) is 76.9 cm³/mol. The lowest BCUT2D eigenvalue weighted by Gasteiger charge is -1.94. The molecule has 0 fully saturated rings. The molecule has 2 nitrogen and oxygen atoms in total. The summed E-state index contributed by atoms with van der Waals surface area (Å²) in [5.41, 5.74) is 3.98. The van der Waals surface area contributed by atoms with Crippen molar-refractivity contribution in [3.8, 4) is 0 Å². The minimum atomic E-state index is 1.11. The Morgan fingerprint density at radius 2 is 1.67 bits per heavy atom. The summed E-state index contributed by atoms with van der Waals surface area (Å²) in [7, 11) is 0. The predicted octanol–water partition coefficient (Wildman–Crippen LogP) is 3.82. The molecule has 2 heterocycles. The van der Waals surface area contributed by atoms with Crippen LogP contribution in [0.1, 0.15) is 5.56 Å². The van der Waals surface area contributed by atoms with E-state index < -0.39 is 0 Å². The molecule has 1 aromatic heterocycles. The fourth-order valence-corrected chi connectivity index (χ4v) is 2.24. The first-order valence-electron chi connectivity index (χ1n) is 6.27. The first kappa shape index (κ1) is 10.9. The van der Waals surface area contributed by atoms with Gasteiger partial charge >= 0.3 is 0 Å². The first-order valence-corrected chi connectivity index (χ1v) is 6.27. The lowest BCUT2D eigenvalue weighted by Crippen LogP contribution is -1.90. The van der Waals surface area contributed by atoms with E-state index in [2.05, 4.69) is 52.8 Å². The van der Waals surface area contributed by atoms with E-state index in [4.69, 9.17) is 0 Å². The summed E-state index contributed by atoms with van der Waals surface area (Å²) < 4.78 is 0. The summed E-state index contributed by atoms with van der Waals surface area (Å²) in [6.07, 6.45) is 3.14. The molecule has 0 spiro atoms. The normalized spacial score (nSPS) is 12.4. The van der Waals surface area contributed by atoms with Gasteiger partial charge in [0.25, 0.3) is 0 Å². The largest absolute Gasteiger partial charge is 0.384 e. The molecular weight excluding hydrogens is 220 g/mol. The fraction of sp³-hybridized carbons (Fsp3) is 0.125. The lowest BCUT2D eigenvalue weighted by molar-refractivity contribution is 1.11. The van der Waals surface area contributed by atoms with Crippen LogP contribution in [0.25, 0.3) is 10.9 Å². The number of aromatic nitrogens is 1. The van der Waals surface area contributed by atoms with Crippen LogP contribution in [0.5, 0.6) is 0 Å². The quantitative estimate of drug-likeness (QED) is 0.610. The lowest BCUT2D eigenvalue weighted by atomic mass is 10.2. The van der Waals surface area contributed by atoms with Gasteiger partial charge in [-0.25, -0.2) is 0 Å². The van der Waals surface area contributed by atoms with Crippen LogP contribution < -0.4 is 5.32 Å². The average molecular weight is 236 g/mol. The maximum absolute atomic E-state index is 3.30. The molecule has 2 N–H and O–H groups in total. The molecule has 3 aromatic rings. The highest BCUT2D eigenvalue weighted by Gasteiger charge is 2.05. The second kappa shape index (κ2) is 4.96. The van der Waals surface area contributed by atoms with E-state index in [1.165, 1.54) is 28.6 Å². The van der Waals surface area contributed by atoms with Gasteiger partial charge in [-0.3, -0.25) is 0 Å². The van der Waals surface area contributed by atoms with Crippen LogP contribution in [0.15, 0.2) is 60.8 Å². The average Bonchev–Trinajstić information content (AvgIpc) is 3.08. The standard InChI is InChI=1S/C8H9N.C8H7N/c2*1-2-4-8-7(3-1)5-6-9-8/h1-4,9H,5-6H2;1-6,9H.